The van der Waals surface area contributed by atoms with Crippen LogP contribution >= 0.6 is 47.0 Å². The Hall–Kier alpha value is -1.98. The van der Waals surface area contributed by atoms with Crippen molar-refractivity contribution in [3.63, 3.8) is 0 Å². The molecule has 0 amide bonds. The van der Waals surface area contributed by atoms with Crippen LogP contribution in [0.3, 0.4) is 0 Å². The Morgan fingerprint density at radius 3 is 1.27 bits per heavy atom. The first-order valence-electron chi connectivity index (χ1n) is 11.0. The van der Waals surface area contributed by atoms with E-state index in [9.17, 15) is 0 Å². The lowest BCUT2D eigenvalue weighted by atomic mass is 9.67. The number of thioether (sulfide) groups is 4. The molecule has 160 valence electrons. The Kier molecular flexibility index (Phi) is 4.64. The van der Waals surface area contributed by atoms with E-state index in [2.05, 4.69) is 98.8 Å². The highest BCUT2D eigenvalue weighted by molar-refractivity contribution is 8.25. The highest BCUT2D eigenvalue weighted by atomic mass is 32.2. The predicted octanol–water partition coefficient (Wildman–Crippen LogP) is 10.0. The molecule has 0 bridgehead atoms. The lowest BCUT2D eigenvalue weighted by Crippen LogP contribution is -2.22. The number of hydrogen-bond acceptors (Lipinski definition) is 4. The molecule has 0 aromatic heterocycles. The van der Waals surface area contributed by atoms with Gasteiger partial charge in [-0.25, -0.2) is 0 Å². The predicted molar refractivity (Wildman–Crippen MR) is 148 cm³/mol. The molecule has 1 aliphatic carbocycles. The standard InChI is InChI=1S/C29H20S4/c1-29(2)25(27-30-20-13-3-4-14-21(20)31-27)18-11-7-9-17-10-8-12-19(24(17)18)26(29)28-32-22-15-5-6-16-23(22)33-28/h3-16H,1-2H3. The molecule has 0 nitrogen and oxygen atoms in total. The summed E-state index contributed by atoms with van der Waals surface area (Å²) in [5.41, 5.74) is 5.61. The zero-order valence-corrected chi connectivity index (χ0v) is 21.5. The van der Waals surface area contributed by atoms with Crippen molar-refractivity contribution in [3.05, 3.63) is 105 Å². The summed E-state index contributed by atoms with van der Waals surface area (Å²) in [5.74, 6) is 0. The minimum absolute atomic E-state index is 0.114. The van der Waals surface area contributed by atoms with E-state index in [1.807, 2.05) is 47.0 Å². The van der Waals surface area contributed by atoms with Crippen LogP contribution in [0.5, 0.6) is 0 Å². The average molecular weight is 497 g/mol. The van der Waals surface area contributed by atoms with Gasteiger partial charge in [0.15, 0.2) is 0 Å². The topological polar surface area (TPSA) is 0 Å². The summed E-state index contributed by atoms with van der Waals surface area (Å²) in [4.78, 5) is 5.49. The van der Waals surface area contributed by atoms with Gasteiger partial charge in [-0.1, -0.05) is 122 Å². The third-order valence-electron chi connectivity index (χ3n) is 6.61. The summed E-state index contributed by atoms with van der Waals surface area (Å²) >= 11 is 7.77. The summed E-state index contributed by atoms with van der Waals surface area (Å²) in [6.45, 7) is 4.86. The first-order valence-corrected chi connectivity index (χ1v) is 14.3. The largest absolute Gasteiger partial charge is 0.0812 e. The Labute approximate surface area is 211 Å². The van der Waals surface area contributed by atoms with Crippen LogP contribution < -0.4 is 0 Å². The molecule has 0 radical (unpaired) electrons. The van der Waals surface area contributed by atoms with Crippen molar-refractivity contribution < 1.29 is 0 Å². The highest BCUT2D eigenvalue weighted by Crippen LogP contribution is 2.65. The highest BCUT2D eigenvalue weighted by Gasteiger charge is 2.42. The summed E-state index contributed by atoms with van der Waals surface area (Å²) in [7, 11) is 0. The molecule has 3 aliphatic rings. The van der Waals surface area contributed by atoms with Crippen LogP contribution in [0, 0.1) is 5.41 Å². The fourth-order valence-electron chi connectivity index (χ4n) is 5.17. The molecule has 0 unspecified atom stereocenters. The fraction of sp³-hybridized carbons (Fsp3) is 0.103. The van der Waals surface area contributed by atoms with Gasteiger partial charge in [0.1, 0.15) is 0 Å². The number of hydrogen-bond donors (Lipinski definition) is 0. The summed E-state index contributed by atoms with van der Waals surface area (Å²) in [6, 6.07) is 31.3. The molecule has 0 fully saturated rings. The third kappa shape index (κ3) is 3.04. The first-order chi connectivity index (χ1) is 16.1. The van der Waals surface area contributed by atoms with Gasteiger partial charge in [0.25, 0.3) is 0 Å². The van der Waals surface area contributed by atoms with E-state index in [1.54, 1.807) is 0 Å². The van der Waals surface area contributed by atoms with Crippen molar-refractivity contribution in [2.45, 2.75) is 33.4 Å². The van der Waals surface area contributed by atoms with E-state index < -0.39 is 0 Å². The van der Waals surface area contributed by atoms with Crippen LogP contribution in [0.15, 0.2) is 113 Å². The molecule has 4 aromatic carbocycles. The molecule has 0 saturated heterocycles. The van der Waals surface area contributed by atoms with Gasteiger partial charge in [0.05, 0.1) is 8.47 Å². The molecule has 7 rings (SSSR count). The van der Waals surface area contributed by atoms with Gasteiger partial charge < -0.3 is 0 Å². The van der Waals surface area contributed by atoms with Gasteiger partial charge >= 0.3 is 0 Å². The minimum atomic E-state index is -0.114. The second-order valence-electron chi connectivity index (χ2n) is 8.96. The molecule has 4 aromatic rings. The lowest BCUT2D eigenvalue weighted by Gasteiger charge is -2.39. The second-order valence-corrected chi connectivity index (χ2v) is 13.7. The second kappa shape index (κ2) is 7.51. The van der Waals surface area contributed by atoms with Crippen LogP contribution in [0.4, 0.5) is 0 Å². The maximum Gasteiger partial charge on any atom is 0.0546 e. The summed E-state index contributed by atoms with van der Waals surface area (Å²) in [6.07, 6.45) is 0. The first kappa shape index (κ1) is 20.4. The van der Waals surface area contributed by atoms with Crippen molar-refractivity contribution >= 4 is 69.0 Å². The fourth-order valence-corrected chi connectivity index (χ4v) is 11.0. The quantitative estimate of drug-likeness (QED) is 0.237. The van der Waals surface area contributed by atoms with Crippen LogP contribution in [-0.4, -0.2) is 0 Å². The maximum atomic E-state index is 2.43. The van der Waals surface area contributed by atoms with Crippen LogP contribution in [0.2, 0.25) is 0 Å². The van der Waals surface area contributed by atoms with Gasteiger partial charge in [0, 0.05) is 25.0 Å². The summed E-state index contributed by atoms with van der Waals surface area (Å²) < 4.78 is 2.85. The average Bonchev–Trinajstić information content (AvgIpc) is 3.42. The van der Waals surface area contributed by atoms with Crippen LogP contribution in [0.25, 0.3) is 21.9 Å². The molecule has 4 heteroatoms. The SMILES string of the molecule is CC1(C)C(=C2Sc3ccccc3S2)c2cccc3cccc(c23)C1=C1Sc2ccccc2S1. The normalized spacial score (nSPS) is 18.1. The molecular formula is C29H20S4. The van der Waals surface area contributed by atoms with Gasteiger partial charge in [-0.3, -0.25) is 0 Å². The Morgan fingerprint density at radius 2 is 0.879 bits per heavy atom. The van der Waals surface area contributed by atoms with Gasteiger partial charge in [-0.2, -0.15) is 0 Å². The molecule has 2 aliphatic heterocycles. The number of benzene rings is 4. The molecule has 0 N–H and O–H groups in total. The van der Waals surface area contributed by atoms with Gasteiger partial charge in [-0.15, -0.1) is 0 Å². The maximum absolute atomic E-state index is 2.43. The monoisotopic (exact) mass is 496 g/mol. The number of rotatable bonds is 0. The van der Waals surface area contributed by atoms with E-state index >= 15 is 0 Å². The Morgan fingerprint density at radius 1 is 0.485 bits per heavy atom. The molecule has 2 heterocycles. The van der Waals surface area contributed by atoms with Crippen LogP contribution in [0.1, 0.15) is 25.0 Å². The lowest BCUT2D eigenvalue weighted by molar-refractivity contribution is 0.671. The zero-order chi connectivity index (χ0) is 22.2. The third-order valence-corrected chi connectivity index (χ3v) is 11.7. The number of allylic oxidation sites excluding steroid dienone is 2. The Bertz CT molecular complexity index is 1380. The van der Waals surface area contributed by atoms with E-state index in [1.165, 1.54) is 61.1 Å². The zero-order valence-electron chi connectivity index (χ0n) is 18.2. The Balaban J connectivity index is 1.54. The molecule has 0 atom stereocenters. The number of fused-ring (bicyclic) bond motifs is 2. The van der Waals surface area contributed by atoms with Crippen molar-refractivity contribution in [2.24, 2.45) is 5.41 Å². The smallest absolute Gasteiger partial charge is 0.0546 e. The van der Waals surface area contributed by atoms with Gasteiger partial charge in [-0.05, 0) is 57.3 Å². The van der Waals surface area contributed by atoms with E-state index in [-0.39, 0.29) is 5.41 Å². The molecule has 0 spiro atoms. The van der Waals surface area contributed by atoms with Crippen LogP contribution in [-0.2, 0) is 0 Å². The van der Waals surface area contributed by atoms with Crippen molar-refractivity contribution in [2.75, 3.05) is 0 Å². The van der Waals surface area contributed by atoms with E-state index in [0.717, 1.165) is 0 Å². The van der Waals surface area contributed by atoms with E-state index in [4.69, 9.17) is 0 Å². The van der Waals surface area contributed by atoms with Crippen molar-refractivity contribution in [3.8, 4) is 0 Å². The van der Waals surface area contributed by atoms with Gasteiger partial charge in [0.2, 0.25) is 0 Å². The minimum Gasteiger partial charge on any atom is -0.0812 e. The molecular weight excluding hydrogens is 477 g/mol. The molecule has 0 saturated carbocycles. The van der Waals surface area contributed by atoms with Crippen molar-refractivity contribution in [1.29, 1.82) is 0 Å². The molecule has 33 heavy (non-hydrogen) atoms. The van der Waals surface area contributed by atoms with Crippen molar-refractivity contribution in [1.82, 2.24) is 0 Å². The summed E-state index contributed by atoms with van der Waals surface area (Å²) in [5, 5.41) is 2.73. The van der Waals surface area contributed by atoms with E-state index in [0.29, 0.717) is 0 Å².